The highest BCUT2D eigenvalue weighted by atomic mass is 16.5. The van der Waals surface area contributed by atoms with E-state index in [1.165, 1.54) is 26.5 Å². The van der Waals surface area contributed by atoms with E-state index in [1.807, 2.05) is 114 Å². The van der Waals surface area contributed by atoms with Crippen LogP contribution >= 0.6 is 0 Å². The number of benzene rings is 3. The molecule has 55 heavy (non-hydrogen) atoms. The first-order chi connectivity index (χ1) is 25.9. The van der Waals surface area contributed by atoms with E-state index in [0.717, 1.165) is 21.7 Å². The lowest BCUT2D eigenvalue weighted by atomic mass is 9.93. The van der Waals surface area contributed by atoms with Gasteiger partial charge in [-0.2, -0.15) is 0 Å². The standard InChI is InChI=1S/C26H26O4.C12H13NO2.C7H9N.C2H6/c1-17(20-5-9-22(29)10-6-20)21-7-11-23(12-8-21)30-26(4)15-13-24(18(2)27)25(14-16-26)19(3)28;1-12(2)6-4-8-9(5-7-12)11(15)13(3)10(8)14;1-6-3-2-4-7(8)5-6;1-2/h5-17,29H,1-4H3;4-7H,1-3H3;2-5H,8H2,1H3;1-2H3. The fourth-order valence-electron chi connectivity index (χ4n) is 5.78. The van der Waals surface area contributed by atoms with Gasteiger partial charge in [0.15, 0.2) is 11.6 Å². The van der Waals surface area contributed by atoms with Crippen molar-refractivity contribution in [3.05, 3.63) is 160 Å². The van der Waals surface area contributed by atoms with Gasteiger partial charge in [-0.3, -0.25) is 24.1 Å². The summed E-state index contributed by atoms with van der Waals surface area (Å²) < 4.78 is 6.18. The first-order valence-electron chi connectivity index (χ1n) is 18.4. The Hall–Kier alpha value is -6.02. The van der Waals surface area contributed by atoms with E-state index in [2.05, 4.69) is 6.92 Å². The zero-order valence-electron chi connectivity index (χ0n) is 33.6. The molecule has 3 N–H and O–H groups in total. The number of amides is 2. The number of likely N-dealkylation sites (N-methyl/N-ethyl adjacent to an activating group) is 1. The lowest BCUT2D eigenvalue weighted by molar-refractivity contribution is -0.135. The Balaban J connectivity index is 0.000000266. The highest BCUT2D eigenvalue weighted by Gasteiger charge is 2.34. The number of nitrogens with zero attached hydrogens (tertiary/aromatic N) is 1. The molecule has 2 amide bonds. The molecule has 0 radical (unpaired) electrons. The summed E-state index contributed by atoms with van der Waals surface area (Å²) in [6.45, 7) is 17.0. The molecule has 3 aromatic rings. The SMILES string of the molecule is CC.CC(=O)C1=C(C(C)=O)C=CC(C)(Oc2ccc(C(C)c3ccc(O)cc3)cc2)C=C1.CN1C(=O)C2=C(C=CC(C)(C)C=C2)C1=O.Cc1cccc(N)c1. The number of imide groups is 1. The van der Waals surface area contributed by atoms with Gasteiger partial charge in [-0.1, -0.05) is 107 Å². The summed E-state index contributed by atoms with van der Waals surface area (Å²) in [6, 6.07) is 22.9. The molecule has 1 atom stereocenters. The van der Waals surface area contributed by atoms with Crippen LogP contribution in [0.25, 0.3) is 0 Å². The highest BCUT2D eigenvalue weighted by Crippen LogP contribution is 2.31. The molecule has 2 aliphatic carbocycles. The number of nitrogens with two attached hydrogens (primary N) is 1. The summed E-state index contributed by atoms with van der Waals surface area (Å²) in [7, 11) is 1.51. The van der Waals surface area contributed by atoms with Crippen molar-refractivity contribution in [1.29, 1.82) is 0 Å². The van der Waals surface area contributed by atoms with Gasteiger partial charge in [0.05, 0.1) is 11.1 Å². The number of anilines is 1. The molecule has 1 heterocycles. The van der Waals surface area contributed by atoms with E-state index in [1.54, 1.807) is 48.6 Å². The van der Waals surface area contributed by atoms with E-state index < -0.39 is 5.60 Å². The van der Waals surface area contributed by atoms with Crippen molar-refractivity contribution in [2.24, 2.45) is 5.41 Å². The number of carbonyl (C=O) groups excluding carboxylic acids is 4. The van der Waals surface area contributed by atoms with Crippen LogP contribution in [0.4, 0.5) is 5.69 Å². The van der Waals surface area contributed by atoms with Crippen LogP contribution in [-0.2, 0) is 19.2 Å². The van der Waals surface area contributed by atoms with Crippen LogP contribution in [-0.4, -0.2) is 46.0 Å². The maximum Gasteiger partial charge on any atom is 0.261 e. The van der Waals surface area contributed by atoms with E-state index in [-0.39, 0.29) is 40.5 Å². The normalized spacial score (nSPS) is 16.7. The van der Waals surface area contributed by atoms with E-state index >= 15 is 0 Å². The number of phenols is 1. The Kier molecular flexibility index (Phi) is 14.9. The molecular weight excluding hydrogens is 689 g/mol. The lowest BCUT2D eigenvalue weighted by Crippen LogP contribution is -2.26. The van der Waals surface area contributed by atoms with Crippen molar-refractivity contribution in [1.82, 2.24) is 4.90 Å². The minimum absolute atomic E-state index is 0.108. The maximum atomic E-state index is 11.9. The Labute approximate surface area is 326 Å². The lowest BCUT2D eigenvalue weighted by Gasteiger charge is -2.24. The Morgan fingerprint density at radius 3 is 1.58 bits per heavy atom. The summed E-state index contributed by atoms with van der Waals surface area (Å²) in [5, 5.41) is 9.47. The molecule has 0 saturated carbocycles. The number of carbonyl (C=O) groups is 4. The molecular formula is C47H54N2O6. The van der Waals surface area contributed by atoms with Crippen LogP contribution < -0.4 is 10.5 Å². The quantitative estimate of drug-likeness (QED) is 0.190. The largest absolute Gasteiger partial charge is 0.508 e. The second kappa shape index (κ2) is 18.8. The van der Waals surface area contributed by atoms with Crippen LogP contribution in [0, 0.1) is 12.3 Å². The van der Waals surface area contributed by atoms with Gasteiger partial charge in [0, 0.05) is 35.2 Å². The Morgan fingerprint density at radius 1 is 0.727 bits per heavy atom. The number of phenolic OH excluding ortho intramolecular Hbond substituents is 1. The summed E-state index contributed by atoms with van der Waals surface area (Å²) in [5.41, 5.74) is 10.6. The number of aromatic hydroxyl groups is 1. The van der Waals surface area contributed by atoms with Crippen LogP contribution in [0.2, 0.25) is 0 Å². The van der Waals surface area contributed by atoms with Gasteiger partial charge in [0.2, 0.25) is 0 Å². The predicted molar refractivity (Wildman–Crippen MR) is 222 cm³/mol. The number of ether oxygens (including phenoxy) is 1. The number of allylic oxidation sites excluding steroid dienone is 6. The molecule has 8 heteroatoms. The van der Waals surface area contributed by atoms with Gasteiger partial charge < -0.3 is 15.6 Å². The topological polar surface area (TPSA) is 127 Å². The number of rotatable bonds is 6. The van der Waals surface area contributed by atoms with Crippen LogP contribution in [0.3, 0.4) is 0 Å². The van der Waals surface area contributed by atoms with Crippen molar-refractivity contribution in [2.75, 3.05) is 12.8 Å². The molecule has 0 saturated heterocycles. The summed E-state index contributed by atoms with van der Waals surface area (Å²) in [5.74, 6) is 0.373. The molecule has 288 valence electrons. The average Bonchev–Trinajstić information content (AvgIpc) is 3.29. The number of Topliss-reactive ketones (excluding diaryl/α,β-unsaturated/α-hetero) is 2. The van der Waals surface area contributed by atoms with Crippen LogP contribution in [0.5, 0.6) is 11.5 Å². The molecule has 8 nitrogen and oxygen atoms in total. The number of nitrogen functional groups attached to an aromatic ring is 1. The first kappa shape index (κ1) is 43.4. The molecule has 1 aliphatic heterocycles. The second-order valence-corrected chi connectivity index (χ2v) is 14.2. The first-order valence-corrected chi connectivity index (χ1v) is 18.4. The number of ketones is 2. The van der Waals surface area contributed by atoms with Gasteiger partial charge in [0.25, 0.3) is 11.8 Å². The third-order valence-corrected chi connectivity index (χ3v) is 9.08. The second-order valence-electron chi connectivity index (χ2n) is 14.2. The zero-order valence-corrected chi connectivity index (χ0v) is 33.6. The van der Waals surface area contributed by atoms with E-state index in [0.29, 0.717) is 28.0 Å². The zero-order chi connectivity index (χ0) is 41.1. The monoisotopic (exact) mass is 742 g/mol. The van der Waals surface area contributed by atoms with Crippen LogP contribution in [0.15, 0.2) is 144 Å². The van der Waals surface area contributed by atoms with Crippen LogP contribution in [0.1, 0.15) is 78.0 Å². The number of hydrogen-bond donors (Lipinski definition) is 2. The van der Waals surface area contributed by atoms with E-state index in [9.17, 15) is 24.3 Å². The van der Waals surface area contributed by atoms with Gasteiger partial charge in [0.1, 0.15) is 17.1 Å². The molecule has 1 unspecified atom stereocenters. The molecule has 0 aromatic heterocycles. The minimum Gasteiger partial charge on any atom is -0.508 e. The molecule has 0 bridgehead atoms. The predicted octanol–water partition coefficient (Wildman–Crippen LogP) is 9.32. The van der Waals surface area contributed by atoms with Crippen molar-refractivity contribution in [2.45, 2.75) is 73.8 Å². The third kappa shape index (κ3) is 11.7. The van der Waals surface area contributed by atoms with Crippen molar-refractivity contribution < 1.29 is 29.0 Å². The fourth-order valence-corrected chi connectivity index (χ4v) is 5.78. The van der Waals surface area contributed by atoms with Gasteiger partial charge in [-0.25, -0.2) is 0 Å². The Bertz CT molecular complexity index is 1990. The van der Waals surface area contributed by atoms with Crippen molar-refractivity contribution in [3.8, 4) is 11.5 Å². The number of aryl methyl sites for hydroxylation is 1. The summed E-state index contributed by atoms with van der Waals surface area (Å²) >= 11 is 0. The molecule has 3 aromatic carbocycles. The number of hydrogen-bond acceptors (Lipinski definition) is 7. The fraction of sp³-hybridized carbons (Fsp3) is 0.277. The average molecular weight is 743 g/mol. The minimum atomic E-state index is -0.790. The summed E-state index contributed by atoms with van der Waals surface area (Å²) in [4.78, 5) is 48.3. The van der Waals surface area contributed by atoms with Gasteiger partial charge >= 0.3 is 0 Å². The molecule has 6 rings (SSSR count). The molecule has 0 fully saturated rings. The van der Waals surface area contributed by atoms with Gasteiger partial charge in [-0.15, -0.1) is 0 Å². The molecule has 0 spiro atoms. The Morgan fingerprint density at radius 2 is 1.18 bits per heavy atom. The van der Waals surface area contributed by atoms with Gasteiger partial charge in [-0.05, 0) is 92.9 Å². The third-order valence-electron chi connectivity index (χ3n) is 9.08. The smallest absolute Gasteiger partial charge is 0.261 e. The summed E-state index contributed by atoms with van der Waals surface area (Å²) in [6.07, 6.45) is 14.3. The van der Waals surface area contributed by atoms with E-state index in [4.69, 9.17) is 10.5 Å². The maximum absolute atomic E-state index is 11.9. The molecule has 3 aliphatic rings. The van der Waals surface area contributed by atoms with Crippen molar-refractivity contribution in [3.63, 3.8) is 0 Å². The highest BCUT2D eigenvalue weighted by molar-refractivity contribution is 6.21. The van der Waals surface area contributed by atoms with Crippen molar-refractivity contribution >= 4 is 29.1 Å².